The van der Waals surface area contributed by atoms with Crippen molar-refractivity contribution in [3.63, 3.8) is 0 Å². The Hall–Kier alpha value is -1.58. The van der Waals surface area contributed by atoms with Gasteiger partial charge in [0.25, 0.3) is 0 Å². The Labute approximate surface area is 121 Å². The van der Waals surface area contributed by atoms with Gasteiger partial charge in [-0.3, -0.25) is 4.79 Å². The average molecular weight is 275 g/mol. The van der Waals surface area contributed by atoms with Gasteiger partial charge in [-0.2, -0.15) is 0 Å². The maximum absolute atomic E-state index is 11.7. The van der Waals surface area contributed by atoms with Crippen molar-refractivity contribution < 1.29 is 4.79 Å². The fourth-order valence-electron chi connectivity index (χ4n) is 2.33. The predicted octanol–water partition coefficient (Wildman–Crippen LogP) is 2.80. The van der Waals surface area contributed by atoms with E-state index in [1.54, 1.807) is 0 Å². The third-order valence-electron chi connectivity index (χ3n) is 3.68. The quantitative estimate of drug-likeness (QED) is 0.919. The monoisotopic (exact) mass is 275 g/mol. The van der Waals surface area contributed by atoms with Crippen molar-refractivity contribution in [1.29, 1.82) is 0 Å². The van der Waals surface area contributed by atoms with E-state index in [4.69, 9.17) is 0 Å². The number of nitrogens with zero attached hydrogens (tertiary/aromatic N) is 2. The number of likely N-dealkylation sites (tertiary alicyclic amines) is 1. The van der Waals surface area contributed by atoms with Gasteiger partial charge in [-0.1, -0.05) is 27.7 Å². The molecule has 0 radical (unpaired) electrons. The van der Waals surface area contributed by atoms with Gasteiger partial charge < -0.3 is 10.2 Å². The number of amides is 1. The molecular formula is C16H25N3O. The van der Waals surface area contributed by atoms with E-state index in [1.165, 1.54) is 5.56 Å². The van der Waals surface area contributed by atoms with E-state index in [2.05, 4.69) is 43.2 Å². The first-order chi connectivity index (χ1) is 9.40. The summed E-state index contributed by atoms with van der Waals surface area (Å²) in [6.07, 6.45) is 3.43. The molecule has 4 nitrogen and oxygen atoms in total. The number of pyridine rings is 1. The molecule has 20 heavy (non-hydrogen) atoms. The first kappa shape index (κ1) is 14.8. The van der Waals surface area contributed by atoms with Gasteiger partial charge in [-0.15, -0.1) is 0 Å². The first-order valence-corrected chi connectivity index (χ1v) is 7.41. The third-order valence-corrected chi connectivity index (χ3v) is 3.68. The molecule has 2 rings (SSSR count). The van der Waals surface area contributed by atoms with Crippen LogP contribution >= 0.6 is 0 Å². The molecule has 1 fully saturated rings. The van der Waals surface area contributed by atoms with E-state index in [1.807, 2.05) is 18.0 Å². The number of aromatic nitrogens is 1. The molecule has 1 aromatic heterocycles. The second-order valence-corrected chi connectivity index (χ2v) is 6.57. The highest BCUT2D eigenvalue weighted by atomic mass is 16.2. The molecule has 0 saturated carbocycles. The van der Waals surface area contributed by atoms with Gasteiger partial charge in [-0.25, -0.2) is 4.98 Å². The van der Waals surface area contributed by atoms with E-state index >= 15 is 0 Å². The minimum Gasteiger partial charge on any atom is -0.364 e. The van der Waals surface area contributed by atoms with Gasteiger partial charge >= 0.3 is 0 Å². The molecule has 0 bridgehead atoms. The lowest BCUT2D eigenvalue weighted by molar-refractivity contribution is -0.135. The summed E-state index contributed by atoms with van der Waals surface area (Å²) in [7, 11) is 0. The van der Waals surface area contributed by atoms with Crippen molar-refractivity contribution in [2.45, 2.75) is 52.0 Å². The van der Waals surface area contributed by atoms with Crippen molar-refractivity contribution in [2.24, 2.45) is 0 Å². The number of carbonyl (C=O) groups is 1. The van der Waals surface area contributed by atoms with Gasteiger partial charge in [0.2, 0.25) is 5.91 Å². The standard InChI is InChI=1S/C16H25N3O/c1-5-6-15(20)19-10-13(11-19)18-14-9-12(7-8-17-14)16(2,3)4/h7-9,13H,5-6,10-11H2,1-4H3,(H,17,18). The molecule has 0 aliphatic carbocycles. The first-order valence-electron chi connectivity index (χ1n) is 7.41. The molecule has 1 aliphatic rings. The summed E-state index contributed by atoms with van der Waals surface area (Å²) in [5.74, 6) is 1.17. The van der Waals surface area contributed by atoms with Crippen LogP contribution in [0.25, 0.3) is 0 Å². The predicted molar refractivity (Wildman–Crippen MR) is 81.8 cm³/mol. The lowest BCUT2D eigenvalue weighted by Gasteiger charge is -2.40. The fourth-order valence-corrected chi connectivity index (χ4v) is 2.33. The Morgan fingerprint density at radius 2 is 2.15 bits per heavy atom. The van der Waals surface area contributed by atoms with Crippen LogP contribution in [0.3, 0.4) is 0 Å². The van der Waals surface area contributed by atoms with E-state index in [-0.39, 0.29) is 11.3 Å². The van der Waals surface area contributed by atoms with Gasteiger partial charge in [0.1, 0.15) is 5.82 Å². The molecule has 1 N–H and O–H groups in total. The smallest absolute Gasteiger partial charge is 0.222 e. The van der Waals surface area contributed by atoms with E-state index < -0.39 is 0 Å². The second kappa shape index (κ2) is 5.81. The molecule has 0 spiro atoms. The summed E-state index contributed by atoms with van der Waals surface area (Å²) >= 11 is 0. The largest absolute Gasteiger partial charge is 0.364 e. The van der Waals surface area contributed by atoms with Gasteiger partial charge in [-0.05, 0) is 29.5 Å². The van der Waals surface area contributed by atoms with Crippen LogP contribution in [0.15, 0.2) is 18.3 Å². The molecule has 1 aliphatic heterocycles. The summed E-state index contributed by atoms with van der Waals surface area (Å²) in [5, 5.41) is 3.41. The molecule has 110 valence electrons. The normalized spacial score (nSPS) is 15.9. The Balaban J connectivity index is 1.89. The molecule has 0 unspecified atom stereocenters. The van der Waals surface area contributed by atoms with Gasteiger partial charge in [0.05, 0.1) is 6.04 Å². The van der Waals surface area contributed by atoms with Crippen molar-refractivity contribution in [3.8, 4) is 0 Å². The summed E-state index contributed by atoms with van der Waals surface area (Å²) < 4.78 is 0. The van der Waals surface area contributed by atoms with Crippen molar-refractivity contribution >= 4 is 11.7 Å². The van der Waals surface area contributed by atoms with Crippen LogP contribution in [-0.4, -0.2) is 34.9 Å². The lowest BCUT2D eigenvalue weighted by Crippen LogP contribution is -2.57. The van der Waals surface area contributed by atoms with E-state index in [0.717, 1.165) is 25.3 Å². The summed E-state index contributed by atoms with van der Waals surface area (Å²) in [6.45, 7) is 10.2. The van der Waals surface area contributed by atoms with Crippen LogP contribution in [-0.2, 0) is 10.2 Å². The van der Waals surface area contributed by atoms with Crippen LogP contribution in [0.1, 0.15) is 46.1 Å². The zero-order valence-corrected chi connectivity index (χ0v) is 12.9. The van der Waals surface area contributed by atoms with Gasteiger partial charge in [0, 0.05) is 25.7 Å². The highest BCUT2D eigenvalue weighted by molar-refractivity contribution is 5.77. The van der Waals surface area contributed by atoms with Crippen LogP contribution < -0.4 is 5.32 Å². The van der Waals surface area contributed by atoms with Crippen LogP contribution in [0.2, 0.25) is 0 Å². The average Bonchev–Trinajstić information content (AvgIpc) is 2.33. The third kappa shape index (κ3) is 3.50. The van der Waals surface area contributed by atoms with Gasteiger partial charge in [0.15, 0.2) is 0 Å². The zero-order valence-electron chi connectivity index (χ0n) is 12.9. The molecule has 1 aromatic rings. The SMILES string of the molecule is CCCC(=O)N1CC(Nc2cc(C(C)(C)C)ccn2)C1. The number of hydrogen-bond acceptors (Lipinski definition) is 3. The van der Waals surface area contributed by atoms with Crippen molar-refractivity contribution in [3.05, 3.63) is 23.9 Å². The fraction of sp³-hybridized carbons (Fsp3) is 0.625. The second-order valence-electron chi connectivity index (χ2n) is 6.57. The molecule has 1 saturated heterocycles. The highest BCUT2D eigenvalue weighted by Gasteiger charge is 2.30. The van der Waals surface area contributed by atoms with Crippen LogP contribution in [0, 0.1) is 0 Å². The molecule has 1 amide bonds. The highest BCUT2D eigenvalue weighted by Crippen LogP contribution is 2.24. The Kier molecular flexibility index (Phi) is 4.31. The summed E-state index contributed by atoms with van der Waals surface area (Å²) in [5.41, 5.74) is 1.40. The Morgan fingerprint density at radius 3 is 2.75 bits per heavy atom. The minimum absolute atomic E-state index is 0.127. The van der Waals surface area contributed by atoms with Crippen molar-refractivity contribution in [1.82, 2.24) is 9.88 Å². The number of anilines is 1. The summed E-state index contributed by atoms with van der Waals surface area (Å²) in [6, 6.07) is 4.50. The maximum Gasteiger partial charge on any atom is 0.222 e. The lowest BCUT2D eigenvalue weighted by atomic mass is 9.88. The number of rotatable bonds is 4. The molecular weight excluding hydrogens is 250 g/mol. The number of carbonyl (C=O) groups excluding carboxylic acids is 1. The molecule has 4 heteroatoms. The van der Waals surface area contributed by atoms with Crippen LogP contribution in [0.4, 0.5) is 5.82 Å². The number of nitrogens with one attached hydrogen (secondary N) is 1. The molecule has 0 atom stereocenters. The minimum atomic E-state index is 0.127. The van der Waals surface area contributed by atoms with Crippen molar-refractivity contribution in [2.75, 3.05) is 18.4 Å². The van der Waals surface area contributed by atoms with Crippen LogP contribution in [0.5, 0.6) is 0 Å². The van der Waals surface area contributed by atoms with E-state index in [9.17, 15) is 4.79 Å². The molecule has 0 aromatic carbocycles. The maximum atomic E-state index is 11.7. The Morgan fingerprint density at radius 1 is 1.45 bits per heavy atom. The summed E-state index contributed by atoms with van der Waals surface area (Å²) in [4.78, 5) is 18.0. The number of hydrogen-bond donors (Lipinski definition) is 1. The molecule has 2 heterocycles. The Bertz CT molecular complexity index is 473. The van der Waals surface area contributed by atoms with E-state index in [0.29, 0.717) is 12.5 Å². The topological polar surface area (TPSA) is 45.2 Å². The zero-order chi connectivity index (χ0) is 14.8.